The third kappa shape index (κ3) is 3.59. The molecule has 0 bridgehead atoms. The van der Waals surface area contributed by atoms with Crippen molar-refractivity contribution in [3.8, 4) is 0 Å². The summed E-state index contributed by atoms with van der Waals surface area (Å²) in [6.07, 6.45) is 1.69. The zero-order chi connectivity index (χ0) is 18.5. The fraction of sp³-hybridized carbons (Fsp3) is 0.250. The first-order chi connectivity index (χ1) is 12.6. The Morgan fingerprint density at radius 3 is 2.23 bits per heavy atom. The summed E-state index contributed by atoms with van der Waals surface area (Å²) in [5, 5.41) is 6.06. The zero-order valence-corrected chi connectivity index (χ0v) is 15.0. The van der Waals surface area contributed by atoms with Gasteiger partial charge < -0.3 is 15.5 Å². The number of benzene rings is 1. The van der Waals surface area contributed by atoms with Crippen LogP contribution in [0.15, 0.2) is 58.3 Å². The Bertz CT molecular complexity index is 925. The van der Waals surface area contributed by atoms with Gasteiger partial charge in [0.1, 0.15) is 11.4 Å². The molecule has 0 atom stereocenters. The molecule has 2 aromatic carbocycles. The van der Waals surface area contributed by atoms with Crippen molar-refractivity contribution in [2.45, 2.75) is 20.4 Å². The number of nitrogens with one attached hydrogen (secondary N) is 2. The van der Waals surface area contributed by atoms with Gasteiger partial charge in [-0.3, -0.25) is 14.6 Å². The second-order valence-corrected chi connectivity index (χ2v) is 5.93. The molecule has 0 fully saturated rings. The maximum Gasteiger partial charge on any atom is 0.253 e. The monoisotopic (exact) mass is 350 g/mol. The molecule has 6 nitrogen and oxygen atoms in total. The molecule has 0 aliphatic rings. The minimum atomic E-state index is -0.499. The lowest BCUT2D eigenvalue weighted by Crippen LogP contribution is -2.36. The maximum absolute atomic E-state index is 11.9. The highest BCUT2D eigenvalue weighted by Crippen LogP contribution is 2.23. The van der Waals surface area contributed by atoms with Crippen LogP contribution in [0, 0.1) is 0 Å². The first kappa shape index (κ1) is 17.7. The molecule has 0 spiro atoms. The standard InChI is InChI=1S/C20H22N4O2/c1-3-24(4-2)16-10-8-14(9-11-16)23-18-17(19(25)20(18)26)22-13-15-7-5-6-12-21-15/h5-12,22-23H,3-4,13H2,1-2H3. The van der Waals surface area contributed by atoms with E-state index in [1.165, 1.54) is 0 Å². The number of hydrogen-bond donors (Lipinski definition) is 2. The Hall–Kier alpha value is -3.15. The van der Waals surface area contributed by atoms with E-state index in [4.69, 9.17) is 0 Å². The summed E-state index contributed by atoms with van der Waals surface area (Å²) in [7, 11) is 0. The number of nitrogens with zero attached hydrogens (tertiary/aromatic N) is 2. The van der Waals surface area contributed by atoms with Gasteiger partial charge >= 0.3 is 0 Å². The minimum absolute atomic E-state index is 0.307. The molecule has 134 valence electrons. The fourth-order valence-corrected chi connectivity index (χ4v) is 2.85. The molecule has 0 amide bonds. The first-order valence-corrected chi connectivity index (χ1v) is 8.73. The SMILES string of the molecule is CCN(CC)c1ccc(Nc2c(NCc3ccccn3)c(=O)c2=O)cc1. The van der Waals surface area contributed by atoms with Gasteiger partial charge in [-0.05, 0) is 50.2 Å². The second-order valence-electron chi connectivity index (χ2n) is 5.93. The van der Waals surface area contributed by atoms with E-state index < -0.39 is 10.9 Å². The highest BCUT2D eigenvalue weighted by Gasteiger charge is 2.20. The van der Waals surface area contributed by atoms with Crippen LogP contribution in [-0.4, -0.2) is 18.1 Å². The normalized spacial score (nSPS) is 10.7. The number of hydrogen-bond acceptors (Lipinski definition) is 6. The topological polar surface area (TPSA) is 74.3 Å². The van der Waals surface area contributed by atoms with Crippen molar-refractivity contribution < 1.29 is 0 Å². The number of rotatable bonds is 8. The molecule has 3 aromatic rings. The quantitative estimate of drug-likeness (QED) is 0.609. The Morgan fingerprint density at radius 1 is 0.923 bits per heavy atom. The van der Waals surface area contributed by atoms with Gasteiger partial charge in [-0.1, -0.05) is 6.07 Å². The fourth-order valence-electron chi connectivity index (χ4n) is 2.85. The van der Waals surface area contributed by atoms with Crippen LogP contribution in [0.2, 0.25) is 0 Å². The van der Waals surface area contributed by atoms with Crippen molar-refractivity contribution in [1.82, 2.24) is 4.98 Å². The minimum Gasteiger partial charge on any atom is -0.374 e. The van der Waals surface area contributed by atoms with Crippen molar-refractivity contribution >= 4 is 22.7 Å². The Morgan fingerprint density at radius 2 is 1.62 bits per heavy atom. The second kappa shape index (κ2) is 7.82. The first-order valence-electron chi connectivity index (χ1n) is 8.73. The molecule has 0 radical (unpaired) electrons. The van der Waals surface area contributed by atoms with Gasteiger partial charge in [0.2, 0.25) is 0 Å². The summed E-state index contributed by atoms with van der Waals surface area (Å²) in [4.78, 5) is 30.2. The van der Waals surface area contributed by atoms with Gasteiger partial charge in [-0.2, -0.15) is 0 Å². The molecule has 0 aliphatic heterocycles. The van der Waals surface area contributed by atoms with Crippen molar-refractivity contribution in [3.63, 3.8) is 0 Å². The smallest absolute Gasteiger partial charge is 0.253 e. The summed E-state index contributed by atoms with van der Waals surface area (Å²) >= 11 is 0. The van der Waals surface area contributed by atoms with Crippen LogP contribution in [0.25, 0.3) is 0 Å². The van der Waals surface area contributed by atoms with Crippen LogP contribution < -0.4 is 26.4 Å². The van der Waals surface area contributed by atoms with Gasteiger partial charge in [0.05, 0.1) is 12.2 Å². The lowest BCUT2D eigenvalue weighted by Gasteiger charge is -2.21. The summed E-state index contributed by atoms with van der Waals surface area (Å²) in [5.41, 5.74) is 2.32. The van der Waals surface area contributed by atoms with Gasteiger partial charge in [0.25, 0.3) is 10.9 Å². The third-order valence-corrected chi connectivity index (χ3v) is 4.35. The van der Waals surface area contributed by atoms with E-state index in [2.05, 4.69) is 34.4 Å². The van der Waals surface area contributed by atoms with Crippen molar-refractivity contribution in [1.29, 1.82) is 0 Å². The molecule has 2 N–H and O–H groups in total. The van der Waals surface area contributed by atoms with E-state index in [1.807, 2.05) is 42.5 Å². The molecule has 6 heteroatoms. The number of aromatic nitrogens is 1. The molecule has 3 rings (SSSR count). The van der Waals surface area contributed by atoms with Gasteiger partial charge in [0.15, 0.2) is 0 Å². The average molecular weight is 350 g/mol. The number of pyridine rings is 1. The third-order valence-electron chi connectivity index (χ3n) is 4.35. The summed E-state index contributed by atoms with van der Waals surface area (Å²) in [6.45, 7) is 6.48. The van der Waals surface area contributed by atoms with Crippen molar-refractivity contribution in [2.75, 3.05) is 28.6 Å². The summed E-state index contributed by atoms with van der Waals surface area (Å²) in [5.74, 6) is 0. The molecule has 0 unspecified atom stereocenters. The van der Waals surface area contributed by atoms with Crippen LogP contribution in [0.3, 0.4) is 0 Å². The van der Waals surface area contributed by atoms with Crippen molar-refractivity contribution in [2.24, 2.45) is 0 Å². The largest absolute Gasteiger partial charge is 0.374 e. The zero-order valence-electron chi connectivity index (χ0n) is 15.0. The number of anilines is 4. The maximum atomic E-state index is 11.9. The summed E-state index contributed by atoms with van der Waals surface area (Å²) < 4.78 is 0. The van der Waals surface area contributed by atoms with Crippen LogP contribution >= 0.6 is 0 Å². The van der Waals surface area contributed by atoms with Gasteiger partial charge in [-0.25, -0.2) is 0 Å². The molecule has 26 heavy (non-hydrogen) atoms. The van der Waals surface area contributed by atoms with Gasteiger partial charge in [0, 0.05) is 30.7 Å². The molecule has 1 aromatic heterocycles. The molecular weight excluding hydrogens is 328 g/mol. The van der Waals surface area contributed by atoms with E-state index >= 15 is 0 Å². The molecule has 0 saturated heterocycles. The lowest BCUT2D eigenvalue weighted by atomic mass is 10.1. The van der Waals surface area contributed by atoms with E-state index in [0.717, 1.165) is 30.2 Å². The van der Waals surface area contributed by atoms with Gasteiger partial charge in [-0.15, -0.1) is 0 Å². The molecule has 1 heterocycles. The van der Waals surface area contributed by atoms with Crippen LogP contribution in [0.5, 0.6) is 0 Å². The van der Waals surface area contributed by atoms with Crippen LogP contribution in [0.1, 0.15) is 19.5 Å². The Kier molecular flexibility index (Phi) is 5.31. The van der Waals surface area contributed by atoms with Crippen molar-refractivity contribution in [3.05, 3.63) is 74.8 Å². The Balaban J connectivity index is 1.71. The van der Waals surface area contributed by atoms with E-state index in [1.54, 1.807) is 6.20 Å². The highest BCUT2D eigenvalue weighted by molar-refractivity contribution is 5.79. The Labute approximate surface area is 152 Å². The van der Waals surface area contributed by atoms with Crippen LogP contribution in [0.4, 0.5) is 22.7 Å². The van der Waals surface area contributed by atoms with E-state index in [-0.39, 0.29) is 0 Å². The summed E-state index contributed by atoms with van der Waals surface area (Å²) in [6, 6.07) is 13.4. The predicted octanol–water partition coefficient (Wildman–Crippen LogP) is 2.88. The molecule has 0 aliphatic carbocycles. The lowest BCUT2D eigenvalue weighted by molar-refractivity contribution is 0.866. The molecular formula is C20H22N4O2. The molecule has 0 saturated carbocycles. The predicted molar refractivity (Wildman–Crippen MR) is 106 cm³/mol. The van der Waals surface area contributed by atoms with Crippen LogP contribution in [-0.2, 0) is 6.54 Å². The average Bonchev–Trinajstić information content (AvgIpc) is 2.69. The van der Waals surface area contributed by atoms with E-state index in [0.29, 0.717) is 17.9 Å². The highest BCUT2D eigenvalue weighted by atomic mass is 16.2. The van der Waals surface area contributed by atoms with E-state index in [9.17, 15) is 9.59 Å².